The topological polar surface area (TPSA) is 58.4 Å². The molecule has 6 nitrogen and oxygen atoms in total. The summed E-state index contributed by atoms with van der Waals surface area (Å²) in [5.41, 5.74) is 0.708. The lowest BCUT2D eigenvalue weighted by atomic mass is 9.98. The van der Waals surface area contributed by atoms with Crippen molar-refractivity contribution in [3.63, 3.8) is 0 Å². The lowest BCUT2D eigenvalue weighted by Gasteiger charge is -2.33. The maximum Gasteiger partial charge on any atom is 0.246 e. The van der Waals surface area contributed by atoms with Crippen molar-refractivity contribution in [1.82, 2.24) is 19.0 Å². The Morgan fingerprint density at radius 2 is 1.82 bits per heavy atom. The Balaban J connectivity index is 1.61. The van der Waals surface area contributed by atoms with Gasteiger partial charge in [0.2, 0.25) is 10.0 Å². The van der Waals surface area contributed by atoms with Crippen molar-refractivity contribution in [2.45, 2.75) is 37.5 Å². The summed E-state index contributed by atoms with van der Waals surface area (Å²) in [5.74, 6) is 0.638. The van der Waals surface area contributed by atoms with E-state index in [1.165, 1.54) is 32.1 Å². The summed E-state index contributed by atoms with van der Waals surface area (Å²) in [6.07, 6.45) is 6.03. The van der Waals surface area contributed by atoms with Gasteiger partial charge < -0.3 is 4.90 Å². The van der Waals surface area contributed by atoms with Crippen LogP contribution in [0.2, 0.25) is 0 Å². The minimum Gasteiger partial charge on any atom is -0.303 e. The summed E-state index contributed by atoms with van der Waals surface area (Å²) in [6, 6.07) is 0. The van der Waals surface area contributed by atoms with Gasteiger partial charge in [-0.3, -0.25) is 4.68 Å². The molecule has 0 bridgehead atoms. The molecule has 0 unspecified atom stereocenters. The zero-order valence-corrected chi connectivity index (χ0v) is 14.3. The number of aromatic nitrogens is 2. The zero-order valence-electron chi connectivity index (χ0n) is 13.5. The van der Waals surface area contributed by atoms with Gasteiger partial charge in [-0.1, -0.05) is 0 Å². The molecule has 0 aromatic carbocycles. The number of rotatable bonds is 4. The van der Waals surface area contributed by atoms with E-state index in [2.05, 4.69) is 10.00 Å². The quantitative estimate of drug-likeness (QED) is 0.835. The van der Waals surface area contributed by atoms with E-state index in [4.69, 9.17) is 0 Å². The van der Waals surface area contributed by atoms with Crippen molar-refractivity contribution in [1.29, 1.82) is 0 Å². The second kappa shape index (κ2) is 6.29. The standard InChI is InChI=1S/C15H26N4O2S/c1-13-15(11-16-17(13)2)22(20,21)19-9-5-14(6-10-19)12-18-7-3-4-8-18/h11,14H,3-10,12H2,1-2H3. The molecule has 22 heavy (non-hydrogen) atoms. The predicted octanol–water partition coefficient (Wildman–Crippen LogP) is 1.23. The van der Waals surface area contributed by atoms with E-state index < -0.39 is 10.0 Å². The van der Waals surface area contributed by atoms with Gasteiger partial charge in [0.25, 0.3) is 0 Å². The fourth-order valence-electron chi connectivity index (χ4n) is 3.53. The van der Waals surface area contributed by atoms with Crippen LogP contribution in [-0.2, 0) is 17.1 Å². The molecule has 1 aromatic rings. The Labute approximate surface area is 133 Å². The lowest BCUT2D eigenvalue weighted by Crippen LogP contribution is -2.41. The summed E-state index contributed by atoms with van der Waals surface area (Å²) in [4.78, 5) is 2.88. The molecule has 2 fully saturated rings. The van der Waals surface area contributed by atoms with E-state index in [1.807, 2.05) is 0 Å². The van der Waals surface area contributed by atoms with Crippen molar-refractivity contribution in [2.24, 2.45) is 13.0 Å². The van der Waals surface area contributed by atoms with Gasteiger partial charge in [0.1, 0.15) is 4.90 Å². The highest BCUT2D eigenvalue weighted by molar-refractivity contribution is 7.89. The van der Waals surface area contributed by atoms with Gasteiger partial charge in [0.05, 0.1) is 11.9 Å². The van der Waals surface area contributed by atoms with Crippen LogP contribution in [0, 0.1) is 12.8 Å². The molecular formula is C15H26N4O2S. The van der Waals surface area contributed by atoms with Gasteiger partial charge in [0, 0.05) is 26.7 Å². The van der Waals surface area contributed by atoms with Gasteiger partial charge in [-0.25, -0.2) is 8.42 Å². The highest BCUT2D eigenvalue weighted by Gasteiger charge is 2.32. The van der Waals surface area contributed by atoms with Crippen LogP contribution in [0.5, 0.6) is 0 Å². The van der Waals surface area contributed by atoms with Crippen LogP contribution in [0.25, 0.3) is 0 Å². The van der Waals surface area contributed by atoms with Crippen molar-refractivity contribution >= 4 is 10.0 Å². The number of hydrogen-bond acceptors (Lipinski definition) is 4. The van der Waals surface area contributed by atoms with E-state index >= 15 is 0 Å². The van der Waals surface area contributed by atoms with E-state index in [0.29, 0.717) is 29.6 Å². The Bertz CT molecular complexity index is 611. The van der Waals surface area contributed by atoms with Gasteiger partial charge in [-0.2, -0.15) is 9.40 Å². The Morgan fingerprint density at radius 3 is 2.36 bits per heavy atom. The minimum absolute atomic E-state index is 0.355. The van der Waals surface area contributed by atoms with Crippen LogP contribution in [-0.4, -0.2) is 60.1 Å². The average molecular weight is 326 g/mol. The van der Waals surface area contributed by atoms with Crippen molar-refractivity contribution in [2.75, 3.05) is 32.7 Å². The highest BCUT2D eigenvalue weighted by Crippen LogP contribution is 2.26. The fourth-order valence-corrected chi connectivity index (χ4v) is 5.19. The van der Waals surface area contributed by atoms with E-state index in [1.54, 1.807) is 23.0 Å². The molecule has 3 heterocycles. The first-order chi connectivity index (χ1) is 10.5. The third-order valence-corrected chi connectivity index (χ3v) is 7.10. The van der Waals surface area contributed by atoms with Crippen LogP contribution in [0.3, 0.4) is 0 Å². The van der Waals surface area contributed by atoms with Gasteiger partial charge >= 0.3 is 0 Å². The van der Waals surface area contributed by atoms with Crippen LogP contribution in [0.4, 0.5) is 0 Å². The number of likely N-dealkylation sites (tertiary alicyclic amines) is 1. The maximum absolute atomic E-state index is 12.7. The zero-order chi connectivity index (χ0) is 15.7. The normalized spacial score (nSPS) is 22.5. The monoisotopic (exact) mass is 326 g/mol. The summed E-state index contributed by atoms with van der Waals surface area (Å²) < 4.78 is 28.7. The first-order valence-electron chi connectivity index (χ1n) is 8.19. The number of sulfonamides is 1. The smallest absolute Gasteiger partial charge is 0.246 e. The number of piperidine rings is 1. The van der Waals surface area contributed by atoms with Crippen LogP contribution in [0.15, 0.2) is 11.1 Å². The summed E-state index contributed by atoms with van der Waals surface area (Å²) in [5, 5.41) is 4.06. The molecule has 0 amide bonds. The van der Waals surface area contributed by atoms with Crippen LogP contribution >= 0.6 is 0 Å². The van der Waals surface area contributed by atoms with Gasteiger partial charge in [0.15, 0.2) is 0 Å². The minimum atomic E-state index is -3.39. The first-order valence-corrected chi connectivity index (χ1v) is 9.63. The largest absolute Gasteiger partial charge is 0.303 e. The van der Waals surface area contributed by atoms with E-state index in [9.17, 15) is 8.42 Å². The third kappa shape index (κ3) is 3.07. The molecule has 3 rings (SSSR count). The molecule has 2 aliphatic heterocycles. The molecule has 0 N–H and O–H groups in total. The maximum atomic E-state index is 12.7. The molecule has 2 saturated heterocycles. The first kappa shape index (κ1) is 16.0. The van der Waals surface area contributed by atoms with Gasteiger partial charge in [-0.05, 0) is 51.6 Å². The Kier molecular flexibility index (Phi) is 4.56. The number of aryl methyl sites for hydroxylation is 1. The molecule has 0 atom stereocenters. The van der Waals surface area contributed by atoms with Gasteiger partial charge in [-0.15, -0.1) is 0 Å². The summed E-state index contributed by atoms with van der Waals surface area (Å²) in [6.45, 7) is 6.64. The molecule has 2 aliphatic rings. The molecule has 1 aromatic heterocycles. The molecule has 0 spiro atoms. The fraction of sp³-hybridized carbons (Fsp3) is 0.800. The lowest BCUT2D eigenvalue weighted by molar-refractivity contribution is 0.206. The second-order valence-corrected chi connectivity index (χ2v) is 8.48. The third-order valence-electron chi connectivity index (χ3n) is 5.10. The second-order valence-electron chi connectivity index (χ2n) is 6.57. The number of nitrogens with zero attached hydrogens (tertiary/aromatic N) is 4. The highest BCUT2D eigenvalue weighted by atomic mass is 32.2. The molecule has 124 valence electrons. The molecular weight excluding hydrogens is 300 g/mol. The van der Waals surface area contributed by atoms with E-state index in [0.717, 1.165) is 19.4 Å². The van der Waals surface area contributed by atoms with Crippen molar-refractivity contribution in [3.8, 4) is 0 Å². The molecule has 0 aliphatic carbocycles. The van der Waals surface area contributed by atoms with E-state index in [-0.39, 0.29) is 0 Å². The Hall–Kier alpha value is -0.920. The van der Waals surface area contributed by atoms with Crippen molar-refractivity contribution < 1.29 is 8.42 Å². The molecule has 0 radical (unpaired) electrons. The molecule has 7 heteroatoms. The summed E-state index contributed by atoms with van der Waals surface area (Å²) >= 11 is 0. The summed E-state index contributed by atoms with van der Waals surface area (Å²) in [7, 11) is -1.61. The number of hydrogen-bond donors (Lipinski definition) is 0. The van der Waals surface area contributed by atoms with Crippen LogP contribution in [0.1, 0.15) is 31.4 Å². The van der Waals surface area contributed by atoms with Crippen LogP contribution < -0.4 is 0 Å². The van der Waals surface area contributed by atoms with Crippen molar-refractivity contribution in [3.05, 3.63) is 11.9 Å². The Morgan fingerprint density at radius 1 is 1.18 bits per heavy atom. The predicted molar refractivity (Wildman–Crippen MR) is 85.1 cm³/mol. The SMILES string of the molecule is Cc1c(S(=O)(=O)N2CCC(CN3CCCC3)CC2)cnn1C. The average Bonchev–Trinajstić information content (AvgIpc) is 3.11. The molecule has 0 saturated carbocycles.